The third kappa shape index (κ3) is 3.29. The van der Waals surface area contributed by atoms with Crippen LogP contribution in [0.15, 0.2) is 18.2 Å². The number of benzene rings is 1. The summed E-state index contributed by atoms with van der Waals surface area (Å²) in [4.78, 5) is 2.27. The van der Waals surface area contributed by atoms with E-state index in [0.29, 0.717) is 0 Å². The van der Waals surface area contributed by atoms with E-state index in [1.807, 2.05) is 13.0 Å². The Morgan fingerprint density at radius 1 is 1.38 bits per heavy atom. The summed E-state index contributed by atoms with van der Waals surface area (Å²) in [6, 6.07) is 4.98. The average Bonchev–Trinajstić information content (AvgIpc) is 2.22. The molecule has 0 heterocycles. The van der Waals surface area contributed by atoms with Crippen LogP contribution in [0.2, 0.25) is 0 Å². The first-order valence-corrected chi connectivity index (χ1v) is 6.51. The molecule has 0 unspecified atom stereocenters. The first-order chi connectivity index (χ1) is 7.36. The molecule has 0 aliphatic rings. The van der Waals surface area contributed by atoms with Gasteiger partial charge < -0.3 is 0 Å². The van der Waals surface area contributed by atoms with Crippen LogP contribution in [0.25, 0.3) is 0 Å². The Morgan fingerprint density at radius 3 is 2.50 bits per heavy atom. The number of alkyl halides is 1. The molecule has 1 rings (SSSR count). The van der Waals surface area contributed by atoms with E-state index in [1.54, 1.807) is 6.07 Å². The van der Waals surface area contributed by atoms with Crippen molar-refractivity contribution in [2.24, 2.45) is 0 Å². The third-order valence-corrected chi connectivity index (χ3v) is 4.44. The number of rotatable bonds is 4. The van der Waals surface area contributed by atoms with Crippen molar-refractivity contribution in [1.82, 2.24) is 4.90 Å². The normalized spacial score (nSPS) is 12.2. The second kappa shape index (κ2) is 5.28. The zero-order chi connectivity index (χ0) is 12.3. The fraction of sp³-hybridized carbons (Fsp3) is 0.538. The quantitative estimate of drug-likeness (QED) is 0.763. The molecule has 0 saturated carbocycles. The third-order valence-electron chi connectivity index (χ3n) is 3.07. The number of halogens is 2. The van der Waals surface area contributed by atoms with Crippen LogP contribution < -0.4 is 0 Å². The van der Waals surface area contributed by atoms with Gasteiger partial charge in [-0.05, 0) is 51.1 Å². The molecule has 0 spiro atoms. The fourth-order valence-electron chi connectivity index (χ4n) is 1.41. The van der Waals surface area contributed by atoms with Crippen LogP contribution in [-0.4, -0.2) is 22.8 Å². The van der Waals surface area contributed by atoms with E-state index in [0.717, 1.165) is 17.4 Å². The molecule has 90 valence electrons. The number of nitrogens with zero attached hydrogens (tertiary/aromatic N) is 1. The van der Waals surface area contributed by atoms with Gasteiger partial charge in [0.25, 0.3) is 0 Å². The van der Waals surface area contributed by atoms with Crippen molar-refractivity contribution in [2.45, 2.75) is 32.9 Å². The fourth-order valence-corrected chi connectivity index (χ4v) is 1.84. The van der Waals surface area contributed by atoms with Crippen molar-refractivity contribution < 1.29 is 4.39 Å². The lowest BCUT2D eigenvalue weighted by Crippen LogP contribution is -2.42. The van der Waals surface area contributed by atoms with Gasteiger partial charge in [0.15, 0.2) is 0 Å². The van der Waals surface area contributed by atoms with Gasteiger partial charge in [0.2, 0.25) is 0 Å². The summed E-state index contributed by atoms with van der Waals surface area (Å²) in [6.07, 6.45) is 0. The van der Waals surface area contributed by atoms with Crippen molar-refractivity contribution in [3.05, 3.63) is 35.1 Å². The highest BCUT2D eigenvalue weighted by atomic mass is 79.9. The van der Waals surface area contributed by atoms with Crippen molar-refractivity contribution in [1.29, 1.82) is 0 Å². The minimum Gasteiger partial charge on any atom is -0.296 e. The first-order valence-electron chi connectivity index (χ1n) is 5.39. The summed E-state index contributed by atoms with van der Waals surface area (Å²) in [5.41, 5.74) is 2.29. The van der Waals surface area contributed by atoms with Gasteiger partial charge in [0, 0.05) is 17.4 Å². The molecule has 1 aromatic rings. The Morgan fingerprint density at radius 2 is 2.00 bits per heavy atom. The van der Waals surface area contributed by atoms with Crippen LogP contribution >= 0.6 is 15.9 Å². The predicted octanol–water partition coefficient (Wildman–Crippen LogP) is 3.74. The van der Waals surface area contributed by atoms with Gasteiger partial charge in [-0.15, -0.1) is 0 Å². The maximum Gasteiger partial charge on any atom is 0.123 e. The topological polar surface area (TPSA) is 3.24 Å². The number of hydrogen-bond acceptors (Lipinski definition) is 1. The lowest BCUT2D eigenvalue weighted by Gasteiger charge is -2.34. The number of aryl methyl sites for hydroxylation is 1. The standard InChI is InChI=1S/C13H19BrFN/c1-10-7-12(15)6-5-11(10)8-16(4)13(2,3)9-14/h5-7H,8-9H2,1-4H3. The van der Waals surface area contributed by atoms with Gasteiger partial charge >= 0.3 is 0 Å². The van der Waals surface area contributed by atoms with Gasteiger partial charge in [-0.2, -0.15) is 0 Å². The number of hydrogen-bond donors (Lipinski definition) is 0. The summed E-state index contributed by atoms with van der Waals surface area (Å²) in [5, 5.41) is 0.913. The molecule has 0 aromatic heterocycles. The molecule has 0 aliphatic heterocycles. The van der Waals surface area contributed by atoms with Gasteiger partial charge in [-0.25, -0.2) is 4.39 Å². The predicted molar refractivity (Wildman–Crippen MR) is 70.5 cm³/mol. The van der Waals surface area contributed by atoms with E-state index in [2.05, 4.69) is 41.7 Å². The molecule has 1 aromatic carbocycles. The Hall–Kier alpha value is -0.410. The highest BCUT2D eigenvalue weighted by Crippen LogP contribution is 2.20. The van der Waals surface area contributed by atoms with Crippen LogP contribution in [0, 0.1) is 12.7 Å². The zero-order valence-corrected chi connectivity index (χ0v) is 11.9. The van der Waals surface area contributed by atoms with Gasteiger partial charge in [-0.3, -0.25) is 4.90 Å². The SMILES string of the molecule is Cc1cc(F)ccc1CN(C)C(C)(C)CBr. The lowest BCUT2D eigenvalue weighted by molar-refractivity contribution is 0.173. The molecule has 3 heteroatoms. The van der Waals surface area contributed by atoms with Crippen LogP contribution in [0.4, 0.5) is 4.39 Å². The van der Waals surface area contributed by atoms with E-state index in [9.17, 15) is 4.39 Å². The molecule has 0 amide bonds. The molecule has 0 saturated heterocycles. The van der Waals surface area contributed by atoms with Gasteiger partial charge in [0.05, 0.1) is 0 Å². The first kappa shape index (κ1) is 13.7. The summed E-state index contributed by atoms with van der Waals surface area (Å²) in [7, 11) is 2.09. The monoisotopic (exact) mass is 287 g/mol. The molecule has 0 radical (unpaired) electrons. The van der Waals surface area contributed by atoms with Crippen molar-refractivity contribution in [2.75, 3.05) is 12.4 Å². The highest BCUT2D eigenvalue weighted by molar-refractivity contribution is 9.09. The molecule has 0 aliphatic carbocycles. The van der Waals surface area contributed by atoms with Crippen LogP contribution in [0.1, 0.15) is 25.0 Å². The Balaban J connectivity index is 2.81. The molecule has 0 bridgehead atoms. The largest absolute Gasteiger partial charge is 0.296 e. The van der Waals surface area contributed by atoms with Crippen LogP contribution in [-0.2, 0) is 6.54 Å². The minimum atomic E-state index is -0.163. The maximum absolute atomic E-state index is 13.0. The molecule has 0 N–H and O–H groups in total. The van der Waals surface area contributed by atoms with Crippen molar-refractivity contribution in [3.8, 4) is 0 Å². The van der Waals surface area contributed by atoms with E-state index < -0.39 is 0 Å². The maximum atomic E-state index is 13.0. The average molecular weight is 288 g/mol. The zero-order valence-electron chi connectivity index (χ0n) is 10.3. The second-order valence-corrected chi connectivity index (χ2v) is 5.43. The van der Waals surface area contributed by atoms with Gasteiger partial charge in [-0.1, -0.05) is 22.0 Å². The minimum absolute atomic E-state index is 0.0980. The van der Waals surface area contributed by atoms with E-state index in [-0.39, 0.29) is 11.4 Å². The highest BCUT2D eigenvalue weighted by Gasteiger charge is 2.22. The summed E-state index contributed by atoms with van der Waals surface area (Å²) in [6.45, 7) is 7.15. The lowest BCUT2D eigenvalue weighted by atomic mass is 10.0. The molecule has 0 fully saturated rings. The molecular formula is C13H19BrFN. The van der Waals surface area contributed by atoms with Crippen LogP contribution in [0.5, 0.6) is 0 Å². The summed E-state index contributed by atoms with van der Waals surface area (Å²) < 4.78 is 13.0. The van der Waals surface area contributed by atoms with E-state index >= 15 is 0 Å². The summed E-state index contributed by atoms with van der Waals surface area (Å²) in [5.74, 6) is -0.163. The second-order valence-electron chi connectivity index (χ2n) is 4.87. The van der Waals surface area contributed by atoms with Crippen molar-refractivity contribution >= 4 is 15.9 Å². The van der Waals surface area contributed by atoms with E-state index in [1.165, 1.54) is 11.6 Å². The Bertz CT molecular complexity index is 363. The van der Waals surface area contributed by atoms with Crippen molar-refractivity contribution in [3.63, 3.8) is 0 Å². The Kier molecular flexibility index (Phi) is 4.51. The molecule has 1 nitrogen and oxygen atoms in total. The molecule has 16 heavy (non-hydrogen) atoms. The smallest absolute Gasteiger partial charge is 0.123 e. The van der Waals surface area contributed by atoms with Gasteiger partial charge in [0.1, 0.15) is 5.82 Å². The van der Waals surface area contributed by atoms with Crippen LogP contribution in [0.3, 0.4) is 0 Å². The Labute approximate surface area is 106 Å². The van der Waals surface area contributed by atoms with E-state index in [4.69, 9.17) is 0 Å². The molecular weight excluding hydrogens is 269 g/mol. The summed E-state index contributed by atoms with van der Waals surface area (Å²) >= 11 is 3.51. The molecule has 0 atom stereocenters.